The van der Waals surface area contributed by atoms with E-state index in [-0.39, 0.29) is 18.4 Å². The maximum Gasteiger partial charge on any atom is 0.265 e. The summed E-state index contributed by atoms with van der Waals surface area (Å²) in [6.45, 7) is 1.76. The Morgan fingerprint density at radius 3 is 3.00 bits per heavy atom. The van der Waals surface area contributed by atoms with Crippen molar-refractivity contribution in [1.29, 1.82) is 0 Å². The Hall–Kier alpha value is -1.60. The topological polar surface area (TPSA) is 61.9 Å². The predicted octanol–water partition coefficient (Wildman–Crippen LogP) is 1.24. The summed E-state index contributed by atoms with van der Waals surface area (Å²) in [5, 5.41) is 3.00. The number of hydrogen-bond donors (Lipinski definition) is 1. The van der Waals surface area contributed by atoms with Gasteiger partial charge < -0.3 is 19.9 Å². The van der Waals surface area contributed by atoms with E-state index in [0.29, 0.717) is 30.9 Å². The second-order valence-electron chi connectivity index (χ2n) is 5.11. The Morgan fingerprint density at radius 2 is 2.27 bits per heavy atom. The van der Waals surface area contributed by atoms with Gasteiger partial charge in [0, 0.05) is 37.6 Å². The SMILES string of the molecule is CNCCN(C)C(=O)CCN1C(=O)COc2cc(Br)ccc21. The normalized spacial score (nSPS) is 13.6. The number of hydrogen-bond acceptors (Lipinski definition) is 4. The molecular formula is C15H20BrN3O3. The quantitative estimate of drug-likeness (QED) is 0.819. The van der Waals surface area contributed by atoms with Gasteiger partial charge in [-0.3, -0.25) is 9.59 Å². The molecule has 1 N–H and O–H groups in total. The van der Waals surface area contributed by atoms with Gasteiger partial charge in [0.25, 0.3) is 5.91 Å². The predicted molar refractivity (Wildman–Crippen MR) is 88.2 cm³/mol. The van der Waals surface area contributed by atoms with Crippen molar-refractivity contribution >= 4 is 33.4 Å². The average Bonchev–Trinajstić information content (AvgIpc) is 2.51. The van der Waals surface area contributed by atoms with E-state index in [2.05, 4.69) is 21.2 Å². The second kappa shape index (κ2) is 7.60. The molecule has 0 spiro atoms. The molecule has 0 bridgehead atoms. The molecular weight excluding hydrogens is 350 g/mol. The lowest BCUT2D eigenvalue weighted by molar-refractivity contribution is -0.129. The largest absolute Gasteiger partial charge is 0.482 e. The van der Waals surface area contributed by atoms with Gasteiger partial charge in [0.05, 0.1) is 5.69 Å². The zero-order valence-corrected chi connectivity index (χ0v) is 14.4. The number of ether oxygens (including phenoxy) is 1. The number of likely N-dealkylation sites (N-methyl/N-ethyl adjacent to an activating group) is 2. The minimum atomic E-state index is -0.125. The number of anilines is 1. The van der Waals surface area contributed by atoms with Gasteiger partial charge in [0.1, 0.15) is 5.75 Å². The van der Waals surface area contributed by atoms with Crippen LogP contribution in [0.5, 0.6) is 5.75 Å². The molecule has 1 aliphatic rings. The van der Waals surface area contributed by atoms with Crippen molar-refractivity contribution in [2.45, 2.75) is 6.42 Å². The van der Waals surface area contributed by atoms with Crippen LogP contribution in [0.3, 0.4) is 0 Å². The van der Waals surface area contributed by atoms with Gasteiger partial charge in [0.2, 0.25) is 5.91 Å². The van der Waals surface area contributed by atoms with E-state index in [1.807, 2.05) is 25.2 Å². The molecule has 0 aromatic heterocycles. The smallest absolute Gasteiger partial charge is 0.265 e. The van der Waals surface area contributed by atoms with Gasteiger partial charge in [0.15, 0.2) is 6.61 Å². The number of carbonyl (C=O) groups is 2. The number of amides is 2. The summed E-state index contributed by atoms with van der Waals surface area (Å²) >= 11 is 3.38. The molecule has 1 aromatic rings. The van der Waals surface area contributed by atoms with Crippen LogP contribution in [0.4, 0.5) is 5.69 Å². The van der Waals surface area contributed by atoms with E-state index < -0.39 is 0 Å². The summed E-state index contributed by atoms with van der Waals surface area (Å²) in [6.07, 6.45) is 0.293. The Morgan fingerprint density at radius 1 is 1.50 bits per heavy atom. The Kier molecular flexibility index (Phi) is 5.79. The third-order valence-corrected chi connectivity index (χ3v) is 4.03. The summed E-state index contributed by atoms with van der Waals surface area (Å²) in [6, 6.07) is 5.51. The first-order valence-electron chi connectivity index (χ1n) is 7.14. The fourth-order valence-electron chi connectivity index (χ4n) is 2.23. The first-order chi connectivity index (χ1) is 10.5. The van der Waals surface area contributed by atoms with E-state index in [0.717, 1.165) is 11.0 Å². The zero-order valence-electron chi connectivity index (χ0n) is 12.8. The van der Waals surface area contributed by atoms with E-state index >= 15 is 0 Å². The number of nitrogens with zero attached hydrogens (tertiary/aromatic N) is 2. The van der Waals surface area contributed by atoms with Crippen LogP contribution in [-0.2, 0) is 9.59 Å². The lowest BCUT2D eigenvalue weighted by atomic mass is 10.2. The van der Waals surface area contributed by atoms with E-state index in [4.69, 9.17) is 4.74 Å². The van der Waals surface area contributed by atoms with Crippen LogP contribution in [0.25, 0.3) is 0 Å². The molecule has 0 fully saturated rings. The van der Waals surface area contributed by atoms with Gasteiger partial charge in [-0.15, -0.1) is 0 Å². The highest BCUT2D eigenvalue weighted by Crippen LogP contribution is 2.34. The van der Waals surface area contributed by atoms with Crippen molar-refractivity contribution in [2.24, 2.45) is 0 Å². The van der Waals surface area contributed by atoms with Gasteiger partial charge >= 0.3 is 0 Å². The van der Waals surface area contributed by atoms with Crippen LogP contribution in [0.2, 0.25) is 0 Å². The summed E-state index contributed by atoms with van der Waals surface area (Å²) in [7, 11) is 3.62. The molecule has 7 heteroatoms. The molecule has 1 aliphatic heterocycles. The number of halogens is 1. The Balaban J connectivity index is 2.01. The van der Waals surface area contributed by atoms with Gasteiger partial charge in [-0.05, 0) is 25.2 Å². The number of rotatable bonds is 6. The maximum absolute atomic E-state index is 12.1. The van der Waals surface area contributed by atoms with Gasteiger partial charge in [-0.25, -0.2) is 0 Å². The minimum Gasteiger partial charge on any atom is -0.482 e. The zero-order chi connectivity index (χ0) is 16.1. The van der Waals surface area contributed by atoms with Crippen molar-refractivity contribution < 1.29 is 14.3 Å². The molecule has 2 amide bonds. The molecule has 22 heavy (non-hydrogen) atoms. The average molecular weight is 370 g/mol. The van der Waals surface area contributed by atoms with E-state index in [1.165, 1.54) is 0 Å². The monoisotopic (exact) mass is 369 g/mol. The van der Waals surface area contributed by atoms with Crippen molar-refractivity contribution in [1.82, 2.24) is 10.2 Å². The summed E-state index contributed by atoms with van der Waals surface area (Å²) in [5.74, 6) is 0.554. The summed E-state index contributed by atoms with van der Waals surface area (Å²) in [5.41, 5.74) is 0.713. The number of carbonyl (C=O) groups excluding carboxylic acids is 2. The highest BCUT2D eigenvalue weighted by atomic mass is 79.9. The summed E-state index contributed by atoms with van der Waals surface area (Å²) < 4.78 is 6.32. The number of benzene rings is 1. The molecule has 1 heterocycles. The lowest BCUT2D eigenvalue weighted by Gasteiger charge is -2.30. The van der Waals surface area contributed by atoms with Crippen LogP contribution in [0.15, 0.2) is 22.7 Å². The van der Waals surface area contributed by atoms with E-state index in [9.17, 15) is 9.59 Å². The molecule has 0 radical (unpaired) electrons. The number of nitrogens with one attached hydrogen (secondary N) is 1. The second-order valence-corrected chi connectivity index (χ2v) is 6.03. The van der Waals surface area contributed by atoms with Crippen LogP contribution < -0.4 is 15.0 Å². The van der Waals surface area contributed by atoms with Crippen molar-refractivity contribution in [2.75, 3.05) is 45.2 Å². The Labute approximate surface area is 138 Å². The molecule has 0 atom stereocenters. The van der Waals surface area contributed by atoms with Gasteiger partial charge in [-0.2, -0.15) is 0 Å². The van der Waals surface area contributed by atoms with Crippen LogP contribution >= 0.6 is 15.9 Å². The lowest BCUT2D eigenvalue weighted by Crippen LogP contribution is -2.41. The molecule has 120 valence electrons. The highest BCUT2D eigenvalue weighted by molar-refractivity contribution is 9.10. The minimum absolute atomic E-state index is 0.00718. The fraction of sp³-hybridized carbons (Fsp3) is 0.467. The van der Waals surface area contributed by atoms with E-state index in [1.54, 1.807) is 16.8 Å². The highest BCUT2D eigenvalue weighted by Gasteiger charge is 2.26. The van der Waals surface area contributed by atoms with Crippen molar-refractivity contribution in [3.8, 4) is 5.75 Å². The van der Waals surface area contributed by atoms with Gasteiger partial charge in [-0.1, -0.05) is 15.9 Å². The Bertz CT molecular complexity index is 565. The molecule has 1 aromatic carbocycles. The van der Waals surface area contributed by atoms with Crippen molar-refractivity contribution in [3.05, 3.63) is 22.7 Å². The first kappa shape index (κ1) is 16.8. The molecule has 0 unspecified atom stereocenters. The third-order valence-electron chi connectivity index (χ3n) is 3.54. The van der Waals surface area contributed by atoms with Crippen LogP contribution in [0.1, 0.15) is 6.42 Å². The maximum atomic E-state index is 12.1. The van der Waals surface area contributed by atoms with Crippen LogP contribution in [0, 0.1) is 0 Å². The van der Waals surface area contributed by atoms with Crippen LogP contribution in [-0.4, -0.2) is 57.1 Å². The standard InChI is InChI=1S/C15H20BrN3O3/c1-17-6-8-18(2)14(20)5-7-19-12-4-3-11(16)9-13(12)22-10-15(19)21/h3-4,9,17H,5-8,10H2,1-2H3. The first-order valence-corrected chi connectivity index (χ1v) is 7.93. The fourth-order valence-corrected chi connectivity index (χ4v) is 2.57. The molecule has 0 aliphatic carbocycles. The molecule has 6 nitrogen and oxygen atoms in total. The third kappa shape index (κ3) is 3.98. The molecule has 0 saturated carbocycles. The van der Waals surface area contributed by atoms with Crippen molar-refractivity contribution in [3.63, 3.8) is 0 Å². The molecule has 2 rings (SSSR count). The number of fused-ring (bicyclic) bond motifs is 1. The summed E-state index contributed by atoms with van der Waals surface area (Å²) in [4.78, 5) is 27.4. The molecule has 0 saturated heterocycles.